The van der Waals surface area contributed by atoms with Crippen LogP contribution < -0.4 is 20.1 Å². The minimum atomic E-state index is -4.83. The maximum absolute atomic E-state index is 13.9. The maximum Gasteiger partial charge on any atom is 0.423 e. The van der Waals surface area contributed by atoms with E-state index in [1.165, 1.54) is 26.3 Å². The molecule has 246 valence electrons. The van der Waals surface area contributed by atoms with Crippen LogP contribution in [-0.4, -0.2) is 92.2 Å². The number of rotatable bonds is 9. The first-order valence-electron chi connectivity index (χ1n) is 13.8. The Kier molecular flexibility index (Phi) is 11.7. The van der Waals surface area contributed by atoms with Crippen molar-refractivity contribution in [1.82, 2.24) is 24.5 Å². The van der Waals surface area contributed by atoms with Crippen molar-refractivity contribution in [3.63, 3.8) is 0 Å². The number of sulfonamides is 1. The molecule has 2 aromatic rings. The summed E-state index contributed by atoms with van der Waals surface area (Å²) in [6, 6.07) is 2.18. The van der Waals surface area contributed by atoms with Crippen LogP contribution in [0, 0.1) is 0 Å². The number of methoxy groups -OCH3 is 1. The highest BCUT2D eigenvalue weighted by Crippen LogP contribution is 2.39. The molecule has 2 fully saturated rings. The van der Waals surface area contributed by atoms with Gasteiger partial charge in [-0.05, 0) is 64.4 Å². The van der Waals surface area contributed by atoms with E-state index in [0.717, 1.165) is 36.5 Å². The molecule has 1 aromatic heterocycles. The Labute approximate surface area is 261 Å². The second kappa shape index (κ2) is 14.5. The Morgan fingerprint density at radius 2 is 1.82 bits per heavy atom. The summed E-state index contributed by atoms with van der Waals surface area (Å²) in [5.41, 5.74) is -0.810. The third-order valence-corrected chi connectivity index (χ3v) is 9.44. The largest absolute Gasteiger partial charge is 0.495 e. The molecule has 1 aliphatic carbocycles. The molecule has 16 heteroatoms. The fourth-order valence-corrected chi connectivity index (χ4v) is 6.24. The molecule has 4 rings (SSSR count). The van der Waals surface area contributed by atoms with Gasteiger partial charge in [0.2, 0.25) is 21.9 Å². The monoisotopic (exact) mass is 664 g/mol. The van der Waals surface area contributed by atoms with Crippen LogP contribution in [0.2, 0.25) is 5.02 Å². The Bertz CT molecular complexity index is 1420. The van der Waals surface area contributed by atoms with Gasteiger partial charge in [0, 0.05) is 19.3 Å². The number of likely N-dealkylation sites (tertiary alicyclic amines) is 1. The fourth-order valence-electron chi connectivity index (χ4n) is 5.26. The molecule has 11 nitrogen and oxygen atoms in total. The highest BCUT2D eigenvalue weighted by atomic mass is 35.5. The van der Waals surface area contributed by atoms with E-state index in [9.17, 15) is 26.4 Å². The van der Waals surface area contributed by atoms with Crippen molar-refractivity contribution in [2.75, 3.05) is 45.9 Å². The lowest BCUT2D eigenvalue weighted by molar-refractivity contribution is -0.140. The molecule has 1 saturated carbocycles. The van der Waals surface area contributed by atoms with Gasteiger partial charge in [-0.25, -0.2) is 13.4 Å². The minimum Gasteiger partial charge on any atom is -0.495 e. The van der Waals surface area contributed by atoms with E-state index in [2.05, 4.69) is 25.5 Å². The second-order valence-electron chi connectivity index (χ2n) is 10.9. The molecule has 44 heavy (non-hydrogen) atoms. The van der Waals surface area contributed by atoms with E-state index in [-0.39, 0.29) is 47.3 Å². The number of alkyl halides is 3. The van der Waals surface area contributed by atoms with E-state index in [1.54, 1.807) is 0 Å². The van der Waals surface area contributed by atoms with Crippen LogP contribution in [0.1, 0.15) is 61.9 Å². The van der Waals surface area contributed by atoms with Crippen LogP contribution in [0.5, 0.6) is 11.6 Å². The van der Waals surface area contributed by atoms with Crippen molar-refractivity contribution in [3.8, 4) is 11.6 Å². The van der Waals surface area contributed by atoms with Gasteiger partial charge in [0.1, 0.15) is 17.4 Å². The number of carbonyl (C=O) groups is 1. The summed E-state index contributed by atoms with van der Waals surface area (Å²) >= 11 is 6.46. The summed E-state index contributed by atoms with van der Waals surface area (Å²) in [6.45, 7) is 1.72. The van der Waals surface area contributed by atoms with Crippen LogP contribution in [0.3, 0.4) is 0 Å². The number of nitrogens with zero attached hydrogens (tertiary/aromatic N) is 4. The first-order chi connectivity index (χ1) is 20.2. The number of ether oxygens (including phenoxy) is 2. The van der Waals surface area contributed by atoms with Crippen molar-refractivity contribution >= 4 is 39.2 Å². The predicted octanol–water partition coefficient (Wildman–Crippen LogP) is 4.94. The van der Waals surface area contributed by atoms with Gasteiger partial charge < -0.3 is 25.0 Å². The third kappa shape index (κ3) is 8.64. The van der Waals surface area contributed by atoms with Gasteiger partial charge in [0.25, 0.3) is 5.91 Å². The molecule has 2 heterocycles. The molecule has 1 amide bonds. The third-order valence-electron chi connectivity index (χ3n) is 7.81. The lowest BCUT2D eigenvalue weighted by atomic mass is 9.92. The number of halogens is 4. The number of hydrogen-bond acceptors (Lipinski definition) is 9. The highest BCUT2D eigenvalue weighted by molar-refractivity contribution is 7.88. The molecule has 0 spiro atoms. The van der Waals surface area contributed by atoms with Gasteiger partial charge in [-0.3, -0.25) is 4.79 Å². The molecule has 0 radical (unpaired) electrons. The molecule has 1 aliphatic heterocycles. The van der Waals surface area contributed by atoms with Crippen molar-refractivity contribution in [3.05, 3.63) is 34.5 Å². The molecule has 0 unspecified atom stereocenters. The van der Waals surface area contributed by atoms with Crippen LogP contribution in [0.4, 0.5) is 24.8 Å². The fraction of sp³-hybridized carbons (Fsp3) is 0.607. The van der Waals surface area contributed by atoms with Crippen LogP contribution in [0.25, 0.3) is 0 Å². The number of nitrogens with one attached hydrogen (secondary N) is 2. The molecular weight excluding hydrogens is 625 g/mol. The molecule has 2 aliphatic rings. The molecule has 0 bridgehead atoms. The number of aromatic nitrogens is 2. The summed E-state index contributed by atoms with van der Waals surface area (Å²) in [4.78, 5) is 23.0. The predicted molar refractivity (Wildman–Crippen MR) is 162 cm³/mol. The zero-order valence-electron chi connectivity index (χ0n) is 24.4. The number of benzene rings is 1. The molecule has 1 aromatic carbocycles. The normalized spacial score (nSPS) is 20.1. The first kappa shape index (κ1) is 35.6. The maximum atomic E-state index is 13.9. The lowest BCUT2D eigenvalue weighted by Crippen LogP contribution is -2.48. The van der Waals surface area contributed by atoms with Crippen LogP contribution in [-0.2, 0) is 16.2 Å². The quantitative estimate of drug-likeness (QED) is 0.383. The zero-order chi connectivity index (χ0) is 31.5. The second-order valence-corrected chi connectivity index (χ2v) is 13.4. The van der Waals surface area contributed by atoms with E-state index >= 15 is 0 Å². The van der Waals surface area contributed by atoms with E-state index in [4.69, 9.17) is 21.1 Å². The summed E-state index contributed by atoms with van der Waals surface area (Å²) < 4.78 is 78.5. The average Bonchev–Trinajstić information content (AvgIpc) is 2.93. The zero-order valence-corrected chi connectivity index (χ0v) is 25.9. The van der Waals surface area contributed by atoms with Gasteiger partial charge in [-0.15, -0.1) is 0 Å². The molecule has 2 N–H and O–H groups in total. The Morgan fingerprint density at radius 1 is 1.16 bits per heavy atom. The van der Waals surface area contributed by atoms with Gasteiger partial charge in [-0.2, -0.15) is 22.5 Å². The Hall–Kier alpha value is -2.88. The lowest BCUT2D eigenvalue weighted by Gasteiger charge is -2.36. The van der Waals surface area contributed by atoms with Gasteiger partial charge in [0.05, 0.1) is 35.7 Å². The van der Waals surface area contributed by atoms with Crippen molar-refractivity contribution in [1.29, 1.82) is 0 Å². The number of piperidine rings is 1. The first-order valence-corrected chi connectivity index (χ1v) is 16.1. The average molecular weight is 665 g/mol. The summed E-state index contributed by atoms with van der Waals surface area (Å²) in [7, 11) is 1.15. The van der Waals surface area contributed by atoms with Gasteiger partial charge in [0.15, 0.2) is 0 Å². The number of likely N-dealkylation sites (N-methyl/N-ethyl adjacent to an activating group) is 1. The number of amides is 1. The molecule has 1 saturated heterocycles. The summed E-state index contributed by atoms with van der Waals surface area (Å²) in [5.74, 6) is -1.16. The minimum absolute atomic E-state index is 0. The van der Waals surface area contributed by atoms with Crippen molar-refractivity contribution in [2.24, 2.45) is 0 Å². The Morgan fingerprint density at radius 3 is 2.43 bits per heavy atom. The molecular formula is C28H40ClF3N6O5S. The van der Waals surface area contributed by atoms with E-state index in [1.807, 2.05) is 7.05 Å². The van der Waals surface area contributed by atoms with Gasteiger partial charge in [-0.1, -0.05) is 25.4 Å². The van der Waals surface area contributed by atoms with Crippen LogP contribution >= 0.6 is 11.6 Å². The topological polar surface area (TPSA) is 126 Å². The number of anilines is 2. The highest BCUT2D eigenvalue weighted by Gasteiger charge is 2.40. The smallest absolute Gasteiger partial charge is 0.423 e. The Balaban J connectivity index is 0.00000529. The van der Waals surface area contributed by atoms with Crippen LogP contribution in [0.15, 0.2) is 18.3 Å². The number of carbonyl (C=O) groups excluding carboxylic acids is 1. The number of hydrogen-bond donors (Lipinski definition) is 2. The standard InChI is InChI=1S/C27H36ClF3N6O5S.CH4/c1-36-11-9-16(10-12-36)33-24(38)17-13-23(41-3)20(14-19(17)28)34-26-32-15-18(27(29,30)31)25(35-26)42-22-8-6-5-7-21(22)37(2)43(4,39)40;/h13-16,21-22H,5-12H2,1-4H3,(H,33,38)(H,32,34,35);1H4/t21-,22-;/m1./s1. The van der Waals surface area contributed by atoms with E-state index in [0.29, 0.717) is 31.9 Å². The van der Waals surface area contributed by atoms with Gasteiger partial charge >= 0.3 is 6.18 Å². The summed E-state index contributed by atoms with van der Waals surface area (Å²) in [6.07, 6.45) is -0.304. The molecule has 2 atom stereocenters. The SMILES string of the molecule is C.COc1cc(C(=O)NC2CCN(C)CC2)c(Cl)cc1Nc1ncc(C(F)(F)F)c(O[C@@H]2CCCC[C@H]2N(C)S(C)(=O)=O)n1. The summed E-state index contributed by atoms with van der Waals surface area (Å²) in [5, 5.41) is 5.89. The van der Waals surface area contributed by atoms with Crippen molar-refractivity contribution < 1.29 is 35.9 Å². The van der Waals surface area contributed by atoms with Crippen molar-refractivity contribution in [2.45, 2.75) is 70.3 Å². The van der Waals surface area contributed by atoms with E-state index < -0.39 is 39.8 Å².